The number of benzene rings is 1. The number of carbonyl (C=O) groups excluding carboxylic acids is 1. The van der Waals surface area contributed by atoms with Crippen molar-refractivity contribution in [3.05, 3.63) is 24.0 Å². The highest BCUT2D eigenvalue weighted by molar-refractivity contribution is 5.88. The molecule has 0 aliphatic rings. The molecule has 0 saturated carbocycles. The zero-order valence-electron chi connectivity index (χ0n) is 13.6. The molecule has 0 fully saturated rings. The largest absolute Gasteiger partial charge is 0.464 e. The van der Waals surface area contributed by atoms with Crippen molar-refractivity contribution < 1.29 is 9.53 Å². The molecule has 0 radical (unpaired) electrons. The van der Waals surface area contributed by atoms with Crippen molar-refractivity contribution in [2.75, 3.05) is 12.3 Å². The Morgan fingerprint density at radius 1 is 1.32 bits per heavy atom. The highest BCUT2D eigenvalue weighted by Gasteiger charge is 2.20. The molecule has 1 heterocycles. The lowest BCUT2D eigenvalue weighted by Crippen LogP contribution is -2.17. The van der Waals surface area contributed by atoms with E-state index in [0.717, 1.165) is 36.1 Å². The predicted molar refractivity (Wildman–Crippen MR) is 88.7 cm³/mol. The third-order valence-electron chi connectivity index (χ3n) is 3.94. The Morgan fingerprint density at radius 3 is 2.68 bits per heavy atom. The molecule has 22 heavy (non-hydrogen) atoms. The summed E-state index contributed by atoms with van der Waals surface area (Å²) in [6.07, 6.45) is 2.77. The van der Waals surface area contributed by atoms with Gasteiger partial charge in [-0.1, -0.05) is 26.8 Å². The lowest BCUT2D eigenvalue weighted by Gasteiger charge is -2.15. The maximum atomic E-state index is 12.0. The van der Waals surface area contributed by atoms with E-state index in [2.05, 4.69) is 13.8 Å². The molecule has 0 amide bonds. The van der Waals surface area contributed by atoms with E-state index in [4.69, 9.17) is 15.5 Å². The minimum Gasteiger partial charge on any atom is -0.464 e. The second-order valence-corrected chi connectivity index (χ2v) is 5.51. The lowest BCUT2D eigenvalue weighted by atomic mass is 10.0. The van der Waals surface area contributed by atoms with E-state index in [-0.39, 0.29) is 12.5 Å². The number of hydrogen-bond donors (Lipinski definition) is 1. The number of nitrogens with zero attached hydrogens (tertiary/aromatic N) is 2. The van der Waals surface area contributed by atoms with Crippen molar-refractivity contribution in [2.24, 2.45) is 0 Å². The van der Waals surface area contributed by atoms with Crippen LogP contribution in [0.5, 0.6) is 0 Å². The van der Waals surface area contributed by atoms with Gasteiger partial charge in [0.05, 0.1) is 17.8 Å². The second-order valence-electron chi connectivity index (χ2n) is 5.51. The van der Waals surface area contributed by atoms with Gasteiger partial charge in [0.15, 0.2) is 0 Å². The van der Waals surface area contributed by atoms with Crippen LogP contribution in [0.4, 0.5) is 5.69 Å². The van der Waals surface area contributed by atoms with Crippen LogP contribution in [0.25, 0.3) is 11.0 Å². The predicted octanol–water partition coefficient (Wildman–Crippen LogP) is 3.48. The number of hydrogen-bond acceptors (Lipinski definition) is 4. The van der Waals surface area contributed by atoms with Gasteiger partial charge >= 0.3 is 5.97 Å². The molecule has 0 bridgehead atoms. The number of aromatic nitrogens is 2. The van der Waals surface area contributed by atoms with Gasteiger partial charge in [-0.25, -0.2) is 4.98 Å². The second kappa shape index (κ2) is 7.29. The monoisotopic (exact) mass is 303 g/mol. The van der Waals surface area contributed by atoms with Gasteiger partial charge in [0, 0.05) is 5.92 Å². The maximum Gasteiger partial charge on any atom is 0.326 e. The molecule has 2 N–H and O–H groups in total. The van der Waals surface area contributed by atoms with Crippen molar-refractivity contribution in [1.82, 2.24) is 9.55 Å². The molecule has 0 unspecified atom stereocenters. The van der Waals surface area contributed by atoms with E-state index >= 15 is 0 Å². The SMILES string of the molecule is CCCOC(=O)Cn1c(C(CC)CC)nc2c(N)cccc21. The van der Waals surface area contributed by atoms with E-state index in [0.29, 0.717) is 18.2 Å². The van der Waals surface area contributed by atoms with Crippen molar-refractivity contribution in [3.8, 4) is 0 Å². The minimum absolute atomic E-state index is 0.186. The number of anilines is 1. The number of rotatable bonds is 7. The quantitative estimate of drug-likeness (QED) is 0.628. The smallest absolute Gasteiger partial charge is 0.326 e. The minimum atomic E-state index is -0.226. The first-order valence-corrected chi connectivity index (χ1v) is 8.02. The number of nitrogens with two attached hydrogens (primary N) is 1. The highest BCUT2D eigenvalue weighted by Crippen LogP contribution is 2.29. The Balaban J connectivity index is 2.46. The van der Waals surface area contributed by atoms with Crippen LogP contribution in [0.1, 0.15) is 51.8 Å². The average molecular weight is 303 g/mol. The van der Waals surface area contributed by atoms with Crippen molar-refractivity contribution in [1.29, 1.82) is 0 Å². The first-order valence-electron chi connectivity index (χ1n) is 8.02. The summed E-state index contributed by atoms with van der Waals surface area (Å²) in [5, 5.41) is 0. The van der Waals surface area contributed by atoms with E-state index in [1.54, 1.807) is 0 Å². The number of ether oxygens (including phenoxy) is 1. The fourth-order valence-corrected chi connectivity index (χ4v) is 2.71. The molecule has 2 aromatic rings. The maximum absolute atomic E-state index is 12.0. The molecule has 0 aliphatic heterocycles. The number of nitrogen functional groups attached to an aromatic ring is 1. The Labute approximate surface area is 131 Å². The molecular weight excluding hydrogens is 278 g/mol. The fraction of sp³-hybridized carbons (Fsp3) is 0.529. The molecule has 0 atom stereocenters. The summed E-state index contributed by atoms with van der Waals surface area (Å²) in [5.41, 5.74) is 8.35. The van der Waals surface area contributed by atoms with Crippen LogP contribution < -0.4 is 5.73 Å². The van der Waals surface area contributed by atoms with Gasteiger partial charge in [-0.15, -0.1) is 0 Å². The number of carbonyl (C=O) groups is 1. The van der Waals surface area contributed by atoms with Crippen molar-refractivity contribution in [2.45, 2.75) is 52.5 Å². The van der Waals surface area contributed by atoms with Crippen LogP contribution in [-0.4, -0.2) is 22.1 Å². The van der Waals surface area contributed by atoms with E-state index in [9.17, 15) is 4.79 Å². The summed E-state index contributed by atoms with van der Waals surface area (Å²) >= 11 is 0. The van der Waals surface area contributed by atoms with Crippen LogP contribution in [0, 0.1) is 0 Å². The molecule has 0 aliphatic carbocycles. The van der Waals surface area contributed by atoms with Crippen LogP contribution in [0.2, 0.25) is 0 Å². The van der Waals surface area contributed by atoms with Crippen LogP contribution in [0.15, 0.2) is 18.2 Å². The summed E-state index contributed by atoms with van der Waals surface area (Å²) in [6, 6.07) is 5.69. The molecule has 5 heteroatoms. The molecule has 2 rings (SSSR count). The summed E-state index contributed by atoms with van der Waals surface area (Å²) in [5.74, 6) is 1.01. The third kappa shape index (κ3) is 3.24. The number of fused-ring (bicyclic) bond motifs is 1. The number of esters is 1. The Kier molecular flexibility index (Phi) is 5.41. The van der Waals surface area contributed by atoms with E-state index < -0.39 is 0 Å². The Morgan fingerprint density at radius 2 is 2.05 bits per heavy atom. The summed E-state index contributed by atoms with van der Waals surface area (Å²) in [7, 11) is 0. The Bertz CT molecular complexity index is 645. The standard InChI is InChI=1S/C17H25N3O2/c1-4-10-22-15(21)11-20-14-9-7-8-13(18)16(14)19-17(20)12(5-2)6-3/h7-9,12H,4-6,10-11,18H2,1-3H3. The molecule has 120 valence electrons. The first-order chi connectivity index (χ1) is 10.6. The third-order valence-corrected chi connectivity index (χ3v) is 3.94. The zero-order valence-corrected chi connectivity index (χ0v) is 13.6. The average Bonchev–Trinajstić information content (AvgIpc) is 2.87. The summed E-state index contributed by atoms with van der Waals surface area (Å²) < 4.78 is 7.19. The van der Waals surface area contributed by atoms with Gasteiger partial charge in [0.25, 0.3) is 0 Å². The van der Waals surface area contributed by atoms with Crippen molar-refractivity contribution >= 4 is 22.7 Å². The van der Waals surface area contributed by atoms with Gasteiger partial charge < -0.3 is 15.0 Å². The molecule has 1 aromatic carbocycles. The van der Waals surface area contributed by atoms with Gasteiger partial charge in [-0.2, -0.15) is 0 Å². The Hall–Kier alpha value is -2.04. The normalized spacial score (nSPS) is 11.3. The van der Waals surface area contributed by atoms with Crippen LogP contribution >= 0.6 is 0 Å². The van der Waals surface area contributed by atoms with E-state index in [1.165, 1.54) is 0 Å². The molecular formula is C17H25N3O2. The van der Waals surface area contributed by atoms with Gasteiger partial charge in [-0.3, -0.25) is 4.79 Å². The van der Waals surface area contributed by atoms with Gasteiger partial charge in [-0.05, 0) is 31.4 Å². The van der Waals surface area contributed by atoms with Crippen LogP contribution in [0.3, 0.4) is 0 Å². The van der Waals surface area contributed by atoms with Crippen LogP contribution in [-0.2, 0) is 16.1 Å². The highest BCUT2D eigenvalue weighted by atomic mass is 16.5. The topological polar surface area (TPSA) is 70.1 Å². The fourth-order valence-electron chi connectivity index (χ4n) is 2.71. The first kappa shape index (κ1) is 16.3. The summed E-state index contributed by atoms with van der Waals surface area (Å²) in [6.45, 7) is 6.89. The number of para-hydroxylation sites is 1. The van der Waals surface area contributed by atoms with E-state index in [1.807, 2.05) is 29.7 Å². The molecule has 0 spiro atoms. The number of imidazole rings is 1. The molecule has 5 nitrogen and oxygen atoms in total. The van der Waals surface area contributed by atoms with Crippen molar-refractivity contribution in [3.63, 3.8) is 0 Å². The lowest BCUT2D eigenvalue weighted by molar-refractivity contribution is -0.144. The van der Waals surface area contributed by atoms with Gasteiger partial charge in [0.2, 0.25) is 0 Å². The molecule has 0 saturated heterocycles. The zero-order chi connectivity index (χ0) is 16.1. The van der Waals surface area contributed by atoms with Gasteiger partial charge in [0.1, 0.15) is 17.9 Å². The molecule has 1 aromatic heterocycles. The summed E-state index contributed by atoms with van der Waals surface area (Å²) in [4.78, 5) is 16.8.